The number of aromatic nitrogens is 3. The van der Waals surface area contributed by atoms with Crippen molar-refractivity contribution < 1.29 is 13.5 Å². The topological polar surface area (TPSA) is 43.2 Å². The lowest BCUT2D eigenvalue weighted by molar-refractivity contribution is 0.128. The van der Waals surface area contributed by atoms with Crippen molar-refractivity contribution in [1.29, 1.82) is 0 Å². The molecule has 1 saturated heterocycles. The standard InChI is InChI=1S/C20H22F2N4O/c1-14-11-24-20(12-23-14)25-8-5-15(6-9-25)27-18-4-2-3-17-16(18)7-10-26(17)13-19(21)22/h2-4,7,10-12,15,19H,5-6,8-9,13H2,1H3. The van der Waals surface area contributed by atoms with Crippen LogP contribution in [0, 0.1) is 6.92 Å². The Balaban J connectivity index is 1.43. The fourth-order valence-electron chi connectivity index (χ4n) is 3.54. The van der Waals surface area contributed by atoms with Crippen LogP contribution in [0.1, 0.15) is 18.5 Å². The molecule has 0 spiro atoms. The zero-order valence-corrected chi connectivity index (χ0v) is 15.2. The molecule has 0 atom stereocenters. The highest BCUT2D eigenvalue weighted by Gasteiger charge is 2.22. The number of benzene rings is 1. The average Bonchev–Trinajstić information content (AvgIpc) is 3.06. The summed E-state index contributed by atoms with van der Waals surface area (Å²) in [5, 5.41) is 0.880. The molecule has 0 amide bonds. The molecule has 0 saturated carbocycles. The molecule has 7 heteroatoms. The number of anilines is 1. The van der Waals surface area contributed by atoms with Crippen molar-refractivity contribution in [2.45, 2.75) is 38.8 Å². The lowest BCUT2D eigenvalue weighted by Gasteiger charge is -2.32. The third-order valence-electron chi connectivity index (χ3n) is 4.94. The van der Waals surface area contributed by atoms with Crippen LogP contribution in [0.5, 0.6) is 5.75 Å². The molecule has 0 unspecified atom stereocenters. The first-order chi connectivity index (χ1) is 13.1. The highest BCUT2D eigenvalue weighted by atomic mass is 19.3. The number of ether oxygens (including phenoxy) is 1. The zero-order valence-electron chi connectivity index (χ0n) is 15.2. The molecule has 1 aromatic carbocycles. The van der Waals surface area contributed by atoms with Gasteiger partial charge in [0.15, 0.2) is 0 Å². The number of halogens is 2. The molecular formula is C20H22F2N4O. The normalized spacial score (nSPS) is 15.6. The minimum absolute atomic E-state index is 0.101. The number of piperidine rings is 1. The van der Waals surface area contributed by atoms with Gasteiger partial charge in [-0.1, -0.05) is 6.07 Å². The molecule has 0 N–H and O–H groups in total. The third-order valence-corrected chi connectivity index (χ3v) is 4.94. The quantitative estimate of drug-likeness (QED) is 0.678. The summed E-state index contributed by atoms with van der Waals surface area (Å²) in [5.41, 5.74) is 1.68. The van der Waals surface area contributed by atoms with Crippen LogP contribution in [0.3, 0.4) is 0 Å². The van der Waals surface area contributed by atoms with Crippen LogP contribution in [0.2, 0.25) is 0 Å². The summed E-state index contributed by atoms with van der Waals surface area (Å²) >= 11 is 0. The summed E-state index contributed by atoms with van der Waals surface area (Å²) < 4.78 is 33.3. The maximum Gasteiger partial charge on any atom is 0.256 e. The van der Waals surface area contributed by atoms with Gasteiger partial charge in [0.05, 0.1) is 30.1 Å². The Morgan fingerprint density at radius 1 is 1.15 bits per heavy atom. The van der Waals surface area contributed by atoms with Crippen LogP contribution in [-0.2, 0) is 6.54 Å². The van der Waals surface area contributed by atoms with Crippen molar-refractivity contribution in [3.05, 3.63) is 48.5 Å². The fraction of sp³-hybridized carbons (Fsp3) is 0.400. The Labute approximate surface area is 156 Å². The van der Waals surface area contributed by atoms with Crippen LogP contribution in [-0.4, -0.2) is 40.2 Å². The van der Waals surface area contributed by atoms with Gasteiger partial charge in [0.2, 0.25) is 0 Å². The van der Waals surface area contributed by atoms with Crippen LogP contribution in [0.4, 0.5) is 14.6 Å². The summed E-state index contributed by atoms with van der Waals surface area (Å²) in [6, 6.07) is 7.47. The van der Waals surface area contributed by atoms with E-state index in [0.29, 0.717) is 0 Å². The molecule has 1 aliphatic heterocycles. The van der Waals surface area contributed by atoms with Crippen LogP contribution in [0.25, 0.3) is 10.9 Å². The van der Waals surface area contributed by atoms with E-state index < -0.39 is 6.43 Å². The first kappa shape index (κ1) is 17.7. The third kappa shape index (κ3) is 3.86. The second kappa shape index (κ2) is 7.50. The SMILES string of the molecule is Cc1cnc(N2CCC(Oc3cccc4c3ccn4CC(F)F)CC2)cn1. The van der Waals surface area contributed by atoms with Gasteiger partial charge in [-0.05, 0) is 25.1 Å². The number of hydrogen-bond donors (Lipinski definition) is 0. The van der Waals surface area contributed by atoms with Crippen LogP contribution < -0.4 is 9.64 Å². The number of fused-ring (bicyclic) bond motifs is 1. The second-order valence-corrected chi connectivity index (χ2v) is 6.87. The van der Waals surface area contributed by atoms with E-state index >= 15 is 0 Å². The van der Waals surface area contributed by atoms with Gasteiger partial charge in [0.25, 0.3) is 6.43 Å². The Hall–Kier alpha value is -2.70. The molecule has 142 valence electrons. The number of alkyl halides is 2. The van der Waals surface area contributed by atoms with Crippen molar-refractivity contribution in [1.82, 2.24) is 14.5 Å². The van der Waals surface area contributed by atoms with Crippen molar-refractivity contribution in [2.24, 2.45) is 0 Å². The zero-order chi connectivity index (χ0) is 18.8. The summed E-state index contributed by atoms with van der Waals surface area (Å²) in [4.78, 5) is 11.0. The van der Waals surface area contributed by atoms with Crippen molar-refractivity contribution >= 4 is 16.7 Å². The highest BCUT2D eigenvalue weighted by Crippen LogP contribution is 2.30. The van der Waals surface area contributed by atoms with Gasteiger partial charge in [-0.3, -0.25) is 4.98 Å². The molecule has 5 nitrogen and oxygen atoms in total. The molecule has 1 aliphatic rings. The van der Waals surface area contributed by atoms with E-state index in [1.165, 1.54) is 0 Å². The predicted octanol–water partition coefficient (Wildman–Crippen LogP) is 4.05. The highest BCUT2D eigenvalue weighted by molar-refractivity contribution is 5.86. The predicted molar refractivity (Wildman–Crippen MR) is 101 cm³/mol. The maximum absolute atomic E-state index is 12.7. The molecule has 3 aromatic rings. The smallest absolute Gasteiger partial charge is 0.256 e. The first-order valence-corrected chi connectivity index (χ1v) is 9.16. The van der Waals surface area contributed by atoms with Gasteiger partial charge >= 0.3 is 0 Å². The van der Waals surface area contributed by atoms with E-state index in [1.807, 2.05) is 37.4 Å². The molecule has 0 radical (unpaired) electrons. The Morgan fingerprint density at radius 3 is 2.67 bits per heavy atom. The van der Waals surface area contributed by atoms with Crippen molar-refractivity contribution in [3.8, 4) is 5.75 Å². The molecule has 2 aromatic heterocycles. The van der Waals surface area contributed by atoms with Crippen molar-refractivity contribution in [3.63, 3.8) is 0 Å². The monoisotopic (exact) mass is 372 g/mol. The van der Waals surface area contributed by atoms with Crippen LogP contribution >= 0.6 is 0 Å². The van der Waals surface area contributed by atoms with Gasteiger partial charge in [0.1, 0.15) is 17.7 Å². The van der Waals surface area contributed by atoms with E-state index in [0.717, 1.165) is 54.1 Å². The number of hydrogen-bond acceptors (Lipinski definition) is 4. The molecule has 0 aliphatic carbocycles. The molecular weight excluding hydrogens is 350 g/mol. The van der Waals surface area contributed by atoms with E-state index in [2.05, 4.69) is 14.9 Å². The summed E-state index contributed by atoms with van der Waals surface area (Å²) in [7, 11) is 0. The molecule has 0 bridgehead atoms. The van der Waals surface area contributed by atoms with Gasteiger partial charge in [-0.2, -0.15) is 0 Å². The lowest BCUT2D eigenvalue weighted by atomic mass is 10.1. The van der Waals surface area contributed by atoms with E-state index in [9.17, 15) is 8.78 Å². The summed E-state index contributed by atoms with van der Waals surface area (Å²) in [6.45, 7) is 3.32. The second-order valence-electron chi connectivity index (χ2n) is 6.87. The molecule has 1 fully saturated rings. The largest absolute Gasteiger partial charge is 0.490 e. The number of nitrogens with zero attached hydrogens (tertiary/aromatic N) is 4. The maximum atomic E-state index is 12.7. The van der Waals surface area contributed by atoms with Crippen LogP contribution in [0.15, 0.2) is 42.9 Å². The average molecular weight is 372 g/mol. The number of rotatable bonds is 5. The summed E-state index contributed by atoms with van der Waals surface area (Å²) in [5.74, 6) is 1.65. The van der Waals surface area contributed by atoms with Gasteiger partial charge in [-0.25, -0.2) is 13.8 Å². The Morgan fingerprint density at radius 2 is 1.96 bits per heavy atom. The summed E-state index contributed by atoms with van der Waals surface area (Å²) in [6.07, 6.45) is 4.77. The Kier molecular flexibility index (Phi) is 4.92. The minimum Gasteiger partial charge on any atom is -0.490 e. The minimum atomic E-state index is -2.38. The van der Waals surface area contributed by atoms with Gasteiger partial charge in [-0.15, -0.1) is 0 Å². The van der Waals surface area contributed by atoms with Gasteiger partial charge < -0.3 is 14.2 Å². The van der Waals surface area contributed by atoms with Gasteiger partial charge in [0, 0.05) is 37.5 Å². The van der Waals surface area contributed by atoms with Crippen molar-refractivity contribution in [2.75, 3.05) is 18.0 Å². The van der Waals surface area contributed by atoms with E-state index in [4.69, 9.17) is 4.74 Å². The molecule has 27 heavy (non-hydrogen) atoms. The Bertz CT molecular complexity index is 902. The molecule has 4 rings (SSSR count). The van der Waals surface area contributed by atoms with E-state index in [1.54, 1.807) is 17.0 Å². The van der Waals surface area contributed by atoms with E-state index in [-0.39, 0.29) is 12.6 Å². The fourth-order valence-corrected chi connectivity index (χ4v) is 3.54. The first-order valence-electron chi connectivity index (χ1n) is 9.16. The lowest BCUT2D eigenvalue weighted by Crippen LogP contribution is -2.38. The molecule has 3 heterocycles. The number of aryl methyl sites for hydroxylation is 1.